The van der Waals surface area contributed by atoms with E-state index in [0.717, 1.165) is 19.6 Å². The molecule has 4 heteroatoms. The van der Waals surface area contributed by atoms with E-state index in [4.69, 9.17) is 0 Å². The molecule has 0 bridgehead atoms. The van der Waals surface area contributed by atoms with Crippen molar-refractivity contribution in [1.82, 2.24) is 10.2 Å². The highest BCUT2D eigenvalue weighted by atomic mass is 79.9. The van der Waals surface area contributed by atoms with Crippen molar-refractivity contribution < 1.29 is 0 Å². The number of halogens is 1. The van der Waals surface area contributed by atoms with Gasteiger partial charge in [-0.2, -0.15) is 0 Å². The van der Waals surface area contributed by atoms with Gasteiger partial charge in [0.25, 0.3) is 0 Å². The van der Waals surface area contributed by atoms with Crippen LogP contribution in [0, 0.1) is 0 Å². The van der Waals surface area contributed by atoms with Crippen molar-refractivity contribution in [2.75, 3.05) is 14.1 Å². The number of benzene rings is 1. The molecule has 0 aliphatic heterocycles. The lowest BCUT2D eigenvalue weighted by atomic mass is 10.1. The second-order valence-electron chi connectivity index (χ2n) is 4.84. The Balaban J connectivity index is 1.92. The average molecular weight is 339 g/mol. The van der Waals surface area contributed by atoms with Gasteiger partial charge in [0.15, 0.2) is 0 Å². The lowest BCUT2D eigenvalue weighted by Crippen LogP contribution is -2.16. The highest BCUT2D eigenvalue weighted by Gasteiger charge is 2.03. The minimum atomic E-state index is 0.916. The summed E-state index contributed by atoms with van der Waals surface area (Å²) in [6.45, 7) is 2.83. The Morgan fingerprint density at radius 2 is 1.89 bits per heavy atom. The summed E-state index contributed by atoms with van der Waals surface area (Å²) in [5, 5.41) is 5.64. The maximum atomic E-state index is 3.52. The highest BCUT2D eigenvalue weighted by molar-refractivity contribution is 9.10. The zero-order valence-corrected chi connectivity index (χ0v) is 13.7. The summed E-state index contributed by atoms with van der Waals surface area (Å²) < 4.78 is 1.17. The maximum Gasteiger partial charge on any atom is 0.0303 e. The Hall–Kier alpha value is -0.680. The fraction of sp³-hybridized carbons (Fsp3) is 0.333. The number of nitrogens with one attached hydrogen (secondary N) is 1. The normalized spacial score (nSPS) is 11.2. The van der Waals surface area contributed by atoms with Gasteiger partial charge in [0.2, 0.25) is 0 Å². The SMILES string of the molecule is CN(C)Cc1ccccc1CNCc1cc(Br)cs1. The number of thiophene rings is 1. The van der Waals surface area contributed by atoms with E-state index in [-0.39, 0.29) is 0 Å². The maximum absolute atomic E-state index is 3.52. The van der Waals surface area contributed by atoms with E-state index in [1.54, 1.807) is 11.3 Å². The molecule has 0 aliphatic rings. The van der Waals surface area contributed by atoms with Gasteiger partial charge < -0.3 is 10.2 Å². The van der Waals surface area contributed by atoms with Gasteiger partial charge in [-0.1, -0.05) is 24.3 Å². The van der Waals surface area contributed by atoms with Crippen LogP contribution >= 0.6 is 27.3 Å². The van der Waals surface area contributed by atoms with Crippen molar-refractivity contribution in [3.63, 3.8) is 0 Å². The van der Waals surface area contributed by atoms with Crippen LogP contribution in [-0.4, -0.2) is 19.0 Å². The van der Waals surface area contributed by atoms with Crippen molar-refractivity contribution in [3.8, 4) is 0 Å². The van der Waals surface area contributed by atoms with Gasteiger partial charge in [0, 0.05) is 34.4 Å². The van der Waals surface area contributed by atoms with Crippen LogP contribution in [0.5, 0.6) is 0 Å². The standard InChI is InChI=1S/C15H19BrN2S/c1-18(2)10-13-6-4-3-5-12(13)8-17-9-15-7-14(16)11-19-15/h3-7,11,17H,8-10H2,1-2H3. The highest BCUT2D eigenvalue weighted by Crippen LogP contribution is 2.19. The van der Waals surface area contributed by atoms with Gasteiger partial charge in [-0.3, -0.25) is 0 Å². The largest absolute Gasteiger partial charge is 0.308 e. The first kappa shape index (κ1) is 14.7. The van der Waals surface area contributed by atoms with Crippen molar-refractivity contribution in [2.45, 2.75) is 19.6 Å². The van der Waals surface area contributed by atoms with Crippen molar-refractivity contribution in [3.05, 3.63) is 56.2 Å². The summed E-state index contributed by atoms with van der Waals surface area (Å²) in [5.41, 5.74) is 2.78. The van der Waals surface area contributed by atoms with Gasteiger partial charge >= 0.3 is 0 Å². The van der Waals surface area contributed by atoms with Crippen molar-refractivity contribution in [2.24, 2.45) is 0 Å². The number of nitrogens with zero attached hydrogens (tertiary/aromatic N) is 1. The number of rotatable bonds is 6. The van der Waals surface area contributed by atoms with Crippen LogP contribution in [0.3, 0.4) is 0 Å². The molecule has 0 fully saturated rings. The van der Waals surface area contributed by atoms with Crippen molar-refractivity contribution >= 4 is 27.3 Å². The van der Waals surface area contributed by atoms with E-state index in [1.165, 1.54) is 20.5 Å². The Morgan fingerprint density at radius 1 is 1.16 bits per heavy atom. The second-order valence-corrected chi connectivity index (χ2v) is 6.75. The molecule has 0 unspecified atom stereocenters. The molecule has 1 N–H and O–H groups in total. The molecule has 1 aromatic carbocycles. The molecule has 1 aromatic heterocycles. The summed E-state index contributed by atoms with van der Waals surface area (Å²) in [4.78, 5) is 3.56. The molecule has 0 saturated heterocycles. The van der Waals surface area contributed by atoms with E-state index in [0.29, 0.717) is 0 Å². The predicted molar refractivity (Wildman–Crippen MR) is 86.4 cm³/mol. The van der Waals surface area contributed by atoms with E-state index in [1.807, 2.05) is 0 Å². The summed E-state index contributed by atoms with van der Waals surface area (Å²) in [5.74, 6) is 0. The zero-order chi connectivity index (χ0) is 13.7. The monoisotopic (exact) mass is 338 g/mol. The third-order valence-electron chi connectivity index (χ3n) is 2.84. The molecule has 0 radical (unpaired) electrons. The molecule has 0 saturated carbocycles. The van der Waals surface area contributed by atoms with Crippen LogP contribution in [-0.2, 0) is 19.6 Å². The smallest absolute Gasteiger partial charge is 0.0303 e. The van der Waals surface area contributed by atoms with Crippen LogP contribution in [0.25, 0.3) is 0 Å². The van der Waals surface area contributed by atoms with Gasteiger partial charge in [0.05, 0.1) is 0 Å². The first-order chi connectivity index (χ1) is 9.15. The molecule has 2 nitrogen and oxygen atoms in total. The van der Waals surface area contributed by atoms with Gasteiger partial charge in [-0.25, -0.2) is 0 Å². The molecular weight excluding hydrogens is 320 g/mol. The molecule has 0 atom stereocenters. The quantitative estimate of drug-likeness (QED) is 0.860. The van der Waals surface area contributed by atoms with Crippen LogP contribution in [0.1, 0.15) is 16.0 Å². The molecule has 0 spiro atoms. The van der Waals surface area contributed by atoms with E-state index in [9.17, 15) is 0 Å². The van der Waals surface area contributed by atoms with E-state index in [2.05, 4.69) is 76.0 Å². The molecule has 19 heavy (non-hydrogen) atoms. The second kappa shape index (κ2) is 7.20. The van der Waals surface area contributed by atoms with Gasteiger partial charge in [0.1, 0.15) is 0 Å². The number of hydrogen-bond donors (Lipinski definition) is 1. The van der Waals surface area contributed by atoms with Crippen LogP contribution in [0.4, 0.5) is 0 Å². The van der Waals surface area contributed by atoms with Crippen LogP contribution in [0.2, 0.25) is 0 Å². The fourth-order valence-electron chi connectivity index (χ4n) is 1.99. The minimum absolute atomic E-state index is 0.916. The molecule has 2 aromatic rings. The van der Waals surface area contributed by atoms with Crippen LogP contribution < -0.4 is 5.32 Å². The Labute approximate surface area is 127 Å². The lowest BCUT2D eigenvalue weighted by molar-refractivity contribution is 0.400. The third kappa shape index (κ3) is 4.73. The van der Waals surface area contributed by atoms with Gasteiger partial charge in [-0.15, -0.1) is 11.3 Å². The van der Waals surface area contributed by atoms with Gasteiger partial charge in [-0.05, 0) is 47.2 Å². The first-order valence-corrected chi connectivity index (χ1v) is 7.97. The molecule has 0 amide bonds. The summed E-state index contributed by atoms with van der Waals surface area (Å²) in [6.07, 6.45) is 0. The lowest BCUT2D eigenvalue weighted by Gasteiger charge is -2.14. The Morgan fingerprint density at radius 3 is 2.53 bits per heavy atom. The van der Waals surface area contributed by atoms with Crippen molar-refractivity contribution in [1.29, 1.82) is 0 Å². The third-order valence-corrected chi connectivity index (χ3v) is 4.54. The molecular formula is C15H19BrN2S. The number of hydrogen-bond acceptors (Lipinski definition) is 3. The Kier molecular flexibility index (Phi) is 5.58. The fourth-order valence-corrected chi connectivity index (χ4v) is 3.41. The summed E-state index contributed by atoms with van der Waals surface area (Å²) in [7, 11) is 4.21. The summed E-state index contributed by atoms with van der Waals surface area (Å²) in [6, 6.07) is 10.8. The molecule has 1 heterocycles. The average Bonchev–Trinajstić information content (AvgIpc) is 2.77. The van der Waals surface area contributed by atoms with E-state index < -0.39 is 0 Å². The molecule has 2 rings (SSSR count). The minimum Gasteiger partial charge on any atom is -0.308 e. The molecule has 0 aliphatic carbocycles. The topological polar surface area (TPSA) is 15.3 Å². The molecule has 102 valence electrons. The van der Waals surface area contributed by atoms with Crippen LogP contribution in [0.15, 0.2) is 40.2 Å². The Bertz CT molecular complexity index is 522. The summed E-state index contributed by atoms with van der Waals surface area (Å²) >= 11 is 5.27. The van der Waals surface area contributed by atoms with E-state index >= 15 is 0 Å². The zero-order valence-electron chi connectivity index (χ0n) is 11.3. The first-order valence-electron chi connectivity index (χ1n) is 6.30. The predicted octanol–water partition coefficient (Wildman–Crippen LogP) is 3.86.